The van der Waals surface area contributed by atoms with Gasteiger partial charge in [-0.1, -0.05) is 33.6 Å². The Hall–Kier alpha value is -0.0800. The predicted molar refractivity (Wildman–Crippen MR) is 59.3 cm³/mol. The molecule has 0 fully saturated rings. The van der Waals surface area contributed by atoms with Crippen molar-refractivity contribution in [1.29, 1.82) is 0 Å². The van der Waals surface area contributed by atoms with Gasteiger partial charge in [0.2, 0.25) is 0 Å². The minimum atomic E-state index is 0.487. The molecule has 0 amide bonds. The first-order valence-corrected chi connectivity index (χ1v) is 5.50. The Bertz CT molecular complexity index is 119. The van der Waals surface area contributed by atoms with E-state index >= 15 is 0 Å². The summed E-state index contributed by atoms with van der Waals surface area (Å²) < 4.78 is 0. The third-order valence-corrected chi connectivity index (χ3v) is 3.33. The van der Waals surface area contributed by atoms with E-state index in [-0.39, 0.29) is 0 Å². The molecular weight excluding hydrogens is 160 g/mol. The smallest absolute Gasteiger partial charge is 0.0235 e. The molecule has 0 saturated heterocycles. The molecule has 2 unspecified atom stereocenters. The molecule has 2 N–H and O–H groups in total. The fraction of sp³-hybridized carbons (Fsp3) is 1.00. The second-order valence-electron chi connectivity index (χ2n) is 4.30. The minimum Gasteiger partial charge on any atom is -0.269 e. The van der Waals surface area contributed by atoms with E-state index in [0.717, 1.165) is 5.92 Å². The highest BCUT2D eigenvalue weighted by molar-refractivity contribution is 4.70. The summed E-state index contributed by atoms with van der Waals surface area (Å²) in [6, 6.07) is 0.487. The summed E-state index contributed by atoms with van der Waals surface area (Å²) in [4.78, 5) is 0. The quantitative estimate of drug-likeness (QED) is 0.510. The van der Waals surface area contributed by atoms with E-state index in [1.165, 1.54) is 19.3 Å². The zero-order chi connectivity index (χ0) is 10.4. The Kier molecular flexibility index (Phi) is 6.35. The van der Waals surface area contributed by atoms with Crippen molar-refractivity contribution in [2.24, 2.45) is 17.7 Å². The third-order valence-electron chi connectivity index (χ3n) is 3.33. The minimum absolute atomic E-state index is 0.487. The molecule has 80 valence electrons. The molecule has 0 radical (unpaired) electrons. The SMILES string of the molecule is CCC(CC)CC(C)C(C)N(C)N. The van der Waals surface area contributed by atoms with Crippen LogP contribution in [0.15, 0.2) is 0 Å². The van der Waals surface area contributed by atoms with Gasteiger partial charge in [-0.25, -0.2) is 5.01 Å². The van der Waals surface area contributed by atoms with E-state index in [4.69, 9.17) is 5.84 Å². The van der Waals surface area contributed by atoms with Crippen LogP contribution in [0, 0.1) is 11.8 Å². The molecule has 2 heteroatoms. The number of hydrogen-bond acceptors (Lipinski definition) is 2. The molecule has 2 nitrogen and oxygen atoms in total. The largest absolute Gasteiger partial charge is 0.269 e. The van der Waals surface area contributed by atoms with Crippen LogP contribution in [0.2, 0.25) is 0 Å². The van der Waals surface area contributed by atoms with Crippen LogP contribution in [-0.4, -0.2) is 18.1 Å². The molecule has 13 heavy (non-hydrogen) atoms. The van der Waals surface area contributed by atoms with Crippen LogP contribution in [-0.2, 0) is 0 Å². The molecule has 2 atom stereocenters. The third kappa shape index (κ3) is 4.63. The Balaban J connectivity index is 3.89. The van der Waals surface area contributed by atoms with E-state index in [9.17, 15) is 0 Å². The van der Waals surface area contributed by atoms with Crippen molar-refractivity contribution in [3.05, 3.63) is 0 Å². The summed E-state index contributed by atoms with van der Waals surface area (Å²) in [5.74, 6) is 7.30. The average Bonchev–Trinajstić information content (AvgIpc) is 2.12. The van der Waals surface area contributed by atoms with Gasteiger partial charge in [0.1, 0.15) is 0 Å². The number of hydrazine groups is 1. The second-order valence-corrected chi connectivity index (χ2v) is 4.30. The predicted octanol–water partition coefficient (Wildman–Crippen LogP) is 2.64. The van der Waals surface area contributed by atoms with Gasteiger partial charge in [-0.05, 0) is 25.2 Å². The van der Waals surface area contributed by atoms with E-state index in [1.807, 2.05) is 12.1 Å². The van der Waals surface area contributed by atoms with Gasteiger partial charge >= 0.3 is 0 Å². The normalized spacial score (nSPS) is 16.6. The molecule has 0 aromatic rings. The maximum Gasteiger partial charge on any atom is 0.0235 e. The second kappa shape index (κ2) is 6.39. The number of nitrogens with two attached hydrogens (primary N) is 1. The van der Waals surface area contributed by atoms with Gasteiger partial charge in [-0.3, -0.25) is 5.84 Å². The maximum atomic E-state index is 5.73. The molecule has 0 saturated carbocycles. The lowest BCUT2D eigenvalue weighted by atomic mass is 9.88. The molecular formula is C11H26N2. The van der Waals surface area contributed by atoms with Gasteiger partial charge in [0.25, 0.3) is 0 Å². The van der Waals surface area contributed by atoms with Crippen molar-refractivity contribution in [3.8, 4) is 0 Å². The maximum absolute atomic E-state index is 5.73. The lowest BCUT2D eigenvalue weighted by Gasteiger charge is -2.28. The molecule has 0 aliphatic heterocycles. The highest BCUT2D eigenvalue weighted by atomic mass is 15.4. The molecule has 0 heterocycles. The van der Waals surface area contributed by atoms with Crippen LogP contribution in [0.4, 0.5) is 0 Å². The Labute approximate surface area is 83.5 Å². The lowest BCUT2D eigenvalue weighted by Crippen LogP contribution is -2.40. The van der Waals surface area contributed by atoms with Crippen LogP contribution >= 0.6 is 0 Å². The molecule has 0 aromatic heterocycles. The first-order chi connectivity index (χ1) is 6.02. The zero-order valence-corrected chi connectivity index (χ0v) is 9.88. The summed E-state index contributed by atoms with van der Waals surface area (Å²) in [6.45, 7) is 9.05. The molecule has 0 spiro atoms. The van der Waals surface area contributed by atoms with Crippen molar-refractivity contribution in [2.75, 3.05) is 7.05 Å². The van der Waals surface area contributed by atoms with Crippen molar-refractivity contribution >= 4 is 0 Å². The van der Waals surface area contributed by atoms with Crippen molar-refractivity contribution in [1.82, 2.24) is 5.01 Å². The van der Waals surface area contributed by atoms with Gasteiger partial charge < -0.3 is 0 Å². The van der Waals surface area contributed by atoms with Gasteiger partial charge in [0.05, 0.1) is 0 Å². The van der Waals surface area contributed by atoms with Gasteiger partial charge in [-0.15, -0.1) is 0 Å². The summed E-state index contributed by atoms with van der Waals surface area (Å²) >= 11 is 0. The summed E-state index contributed by atoms with van der Waals surface area (Å²) in [5.41, 5.74) is 0. The standard InChI is InChI=1S/C11H26N2/c1-6-11(7-2)8-9(3)10(4)13(5)12/h9-11H,6-8,12H2,1-5H3. The van der Waals surface area contributed by atoms with E-state index in [0.29, 0.717) is 12.0 Å². The highest BCUT2D eigenvalue weighted by Crippen LogP contribution is 2.22. The molecule has 0 aliphatic carbocycles. The average molecular weight is 186 g/mol. The summed E-state index contributed by atoms with van der Waals surface area (Å²) in [6.07, 6.45) is 3.89. The topological polar surface area (TPSA) is 29.3 Å². The first-order valence-electron chi connectivity index (χ1n) is 5.50. The van der Waals surface area contributed by atoms with Crippen LogP contribution in [0.25, 0.3) is 0 Å². The van der Waals surface area contributed by atoms with Gasteiger partial charge in [-0.2, -0.15) is 0 Å². The Morgan fingerprint density at radius 1 is 1.15 bits per heavy atom. The van der Waals surface area contributed by atoms with Crippen LogP contribution < -0.4 is 5.84 Å². The van der Waals surface area contributed by atoms with Crippen LogP contribution in [0.3, 0.4) is 0 Å². The highest BCUT2D eigenvalue weighted by Gasteiger charge is 2.17. The monoisotopic (exact) mass is 186 g/mol. The lowest BCUT2D eigenvalue weighted by molar-refractivity contribution is 0.178. The van der Waals surface area contributed by atoms with E-state index < -0.39 is 0 Å². The number of hydrogen-bond donors (Lipinski definition) is 1. The van der Waals surface area contributed by atoms with E-state index in [1.54, 1.807) is 0 Å². The summed E-state index contributed by atoms with van der Waals surface area (Å²) in [5, 5.41) is 1.83. The fourth-order valence-corrected chi connectivity index (χ4v) is 1.75. The first kappa shape index (κ1) is 12.9. The Morgan fingerprint density at radius 2 is 1.62 bits per heavy atom. The van der Waals surface area contributed by atoms with Gasteiger partial charge in [0, 0.05) is 13.1 Å². The number of rotatable bonds is 6. The van der Waals surface area contributed by atoms with Crippen LogP contribution in [0.1, 0.15) is 47.0 Å². The Morgan fingerprint density at radius 3 is 1.92 bits per heavy atom. The molecule has 0 aromatic carbocycles. The van der Waals surface area contributed by atoms with Crippen molar-refractivity contribution in [3.63, 3.8) is 0 Å². The number of nitrogens with zero attached hydrogens (tertiary/aromatic N) is 1. The van der Waals surface area contributed by atoms with Crippen molar-refractivity contribution in [2.45, 2.75) is 53.0 Å². The molecule has 0 rings (SSSR count). The zero-order valence-electron chi connectivity index (χ0n) is 9.88. The van der Waals surface area contributed by atoms with E-state index in [2.05, 4.69) is 27.7 Å². The fourth-order valence-electron chi connectivity index (χ4n) is 1.75. The van der Waals surface area contributed by atoms with Crippen LogP contribution in [0.5, 0.6) is 0 Å². The summed E-state index contributed by atoms with van der Waals surface area (Å²) in [7, 11) is 1.95. The molecule has 0 bridgehead atoms. The van der Waals surface area contributed by atoms with Crippen molar-refractivity contribution < 1.29 is 0 Å². The van der Waals surface area contributed by atoms with Gasteiger partial charge in [0.15, 0.2) is 0 Å². The molecule has 0 aliphatic rings.